The zero-order chi connectivity index (χ0) is 10.7. The van der Waals surface area contributed by atoms with E-state index in [-0.39, 0.29) is 21.9 Å². The molecule has 4 heteroatoms. The Bertz CT molecular complexity index is 385. The van der Waals surface area contributed by atoms with E-state index in [1.807, 2.05) is 0 Å². The van der Waals surface area contributed by atoms with Gasteiger partial charge in [0.2, 0.25) is 0 Å². The maximum absolute atomic E-state index is 11.2. The highest BCUT2D eigenvalue weighted by Crippen LogP contribution is 2.29. The van der Waals surface area contributed by atoms with Crippen molar-refractivity contribution >= 4 is 23.7 Å². The van der Waals surface area contributed by atoms with E-state index in [2.05, 4.69) is 0 Å². The maximum Gasteiger partial charge on any atom is 0.165 e. The molecule has 14 heavy (non-hydrogen) atoms. The molecule has 0 unspecified atom stereocenters. The van der Waals surface area contributed by atoms with Crippen molar-refractivity contribution in [1.82, 2.24) is 0 Å². The lowest BCUT2D eigenvalue weighted by atomic mass is 10.1. The van der Waals surface area contributed by atoms with Crippen molar-refractivity contribution in [2.75, 3.05) is 7.11 Å². The van der Waals surface area contributed by atoms with Crippen LogP contribution in [-0.4, -0.2) is 19.2 Å². The summed E-state index contributed by atoms with van der Waals surface area (Å²) in [4.78, 5) is 21.8. The molecule has 0 aromatic heterocycles. The van der Waals surface area contributed by atoms with Crippen molar-refractivity contribution in [1.29, 1.82) is 0 Å². The minimum atomic E-state index is -0.226. The first kappa shape index (κ1) is 10.7. The van der Waals surface area contributed by atoms with Crippen LogP contribution in [0.15, 0.2) is 12.1 Å². The second-order valence-corrected chi connectivity index (χ2v) is 3.10. The summed E-state index contributed by atoms with van der Waals surface area (Å²) < 4.78 is 4.97. The Morgan fingerprint density at radius 2 is 2.14 bits per heavy atom. The number of benzene rings is 1. The summed E-state index contributed by atoms with van der Waals surface area (Å²) in [6, 6.07) is 3.06. The molecular formula is C10H9ClO3. The van der Waals surface area contributed by atoms with Crippen LogP contribution in [0.1, 0.15) is 27.6 Å². The molecule has 0 aliphatic carbocycles. The number of rotatable bonds is 3. The van der Waals surface area contributed by atoms with E-state index in [0.29, 0.717) is 12.0 Å². The average Bonchev–Trinajstić information content (AvgIpc) is 2.16. The molecule has 0 heterocycles. The minimum absolute atomic E-state index is 0.145. The molecule has 0 N–H and O–H groups in total. The van der Waals surface area contributed by atoms with Crippen LogP contribution in [-0.2, 0) is 0 Å². The van der Waals surface area contributed by atoms with E-state index >= 15 is 0 Å². The number of carbonyl (C=O) groups excluding carboxylic acids is 2. The van der Waals surface area contributed by atoms with E-state index in [4.69, 9.17) is 16.3 Å². The Morgan fingerprint density at radius 3 is 2.57 bits per heavy atom. The van der Waals surface area contributed by atoms with Crippen molar-refractivity contribution in [3.05, 3.63) is 28.3 Å². The fourth-order valence-corrected chi connectivity index (χ4v) is 1.50. The Morgan fingerprint density at radius 1 is 1.50 bits per heavy atom. The normalized spacial score (nSPS) is 9.64. The quantitative estimate of drug-likeness (QED) is 0.571. The number of hydrogen-bond donors (Lipinski definition) is 0. The van der Waals surface area contributed by atoms with Crippen LogP contribution in [0.2, 0.25) is 5.02 Å². The van der Waals surface area contributed by atoms with Gasteiger partial charge in [0, 0.05) is 5.56 Å². The molecule has 0 radical (unpaired) electrons. The summed E-state index contributed by atoms with van der Waals surface area (Å²) in [5.74, 6) is 0.156. The molecule has 0 fully saturated rings. The number of aldehydes is 1. The molecule has 0 bridgehead atoms. The summed E-state index contributed by atoms with van der Waals surface area (Å²) >= 11 is 5.86. The molecule has 1 aromatic rings. The smallest absolute Gasteiger partial charge is 0.165 e. The third-order valence-corrected chi connectivity index (χ3v) is 2.24. The van der Waals surface area contributed by atoms with Crippen molar-refractivity contribution in [2.45, 2.75) is 6.92 Å². The highest BCUT2D eigenvalue weighted by atomic mass is 35.5. The predicted molar refractivity (Wildman–Crippen MR) is 53.4 cm³/mol. The Labute approximate surface area is 86.6 Å². The van der Waals surface area contributed by atoms with Gasteiger partial charge >= 0.3 is 0 Å². The fourth-order valence-electron chi connectivity index (χ4n) is 1.16. The van der Waals surface area contributed by atoms with Gasteiger partial charge in [-0.05, 0) is 19.1 Å². The summed E-state index contributed by atoms with van der Waals surface area (Å²) in [5.41, 5.74) is 0.538. The molecule has 1 aromatic carbocycles. The lowest BCUT2D eigenvalue weighted by Gasteiger charge is -2.08. The summed E-state index contributed by atoms with van der Waals surface area (Å²) in [6.07, 6.45) is 0.605. The van der Waals surface area contributed by atoms with E-state index in [0.717, 1.165) is 0 Å². The second kappa shape index (κ2) is 4.24. The molecule has 1 rings (SSSR count). The Kier molecular flexibility index (Phi) is 3.25. The molecule has 0 aliphatic rings. The largest absolute Gasteiger partial charge is 0.496 e. The molecule has 3 nitrogen and oxygen atoms in total. The zero-order valence-corrected chi connectivity index (χ0v) is 8.59. The number of methoxy groups -OCH3 is 1. The van der Waals surface area contributed by atoms with E-state index in [9.17, 15) is 9.59 Å². The van der Waals surface area contributed by atoms with Gasteiger partial charge < -0.3 is 4.74 Å². The van der Waals surface area contributed by atoms with Gasteiger partial charge in [-0.1, -0.05) is 11.6 Å². The number of halogens is 1. The summed E-state index contributed by atoms with van der Waals surface area (Å²) in [7, 11) is 1.44. The van der Waals surface area contributed by atoms with Crippen molar-refractivity contribution in [3.8, 4) is 5.75 Å². The number of hydrogen-bond acceptors (Lipinski definition) is 3. The molecule has 0 atom stereocenters. The molecule has 0 saturated heterocycles. The van der Waals surface area contributed by atoms with Crippen LogP contribution in [0.25, 0.3) is 0 Å². The highest BCUT2D eigenvalue weighted by Gasteiger charge is 2.15. The van der Waals surface area contributed by atoms with E-state index in [1.54, 1.807) is 6.07 Å². The van der Waals surface area contributed by atoms with E-state index in [1.165, 1.54) is 20.1 Å². The topological polar surface area (TPSA) is 43.4 Å². The van der Waals surface area contributed by atoms with Crippen LogP contribution < -0.4 is 4.74 Å². The van der Waals surface area contributed by atoms with Crippen molar-refractivity contribution in [3.63, 3.8) is 0 Å². The van der Waals surface area contributed by atoms with Crippen LogP contribution in [0.5, 0.6) is 5.75 Å². The zero-order valence-electron chi connectivity index (χ0n) is 7.83. The summed E-state index contributed by atoms with van der Waals surface area (Å²) in [5, 5.41) is 0.145. The second-order valence-electron chi connectivity index (χ2n) is 2.72. The van der Waals surface area contributed by atoms with Gasteiger partial charge in [-0.15, -0.1) is 0 Å². The third kappa shape index (κ3) is 1.77. The molecule has 74 valence electrons. The van der Waals surface area contributed by atoms with Gasteiger partial charge in [0.05, 0.1) is 17.7 Å². The number of Topliss-reactive ketones (excluding diaryl/α,β-unsaturated/α-hetero) is 1. The Balaban J connectivity index is 3.46. The minimum Gasteiger partial charge on any atom is -0.496 e. The number of ketones is 1. The van der Waals surface area contributed by atoms with Gasteiger partial charge in [0.15, 0.2) is 12.1 Å². The first-order valence-corrected chi connectivity index (χ1v) is 4.32. The van der Waals surface area contributed by atoms with Crippen LogP contribution >= 0.6 is 11.6 Å². The molecule has 0 aliphatic heterocycles. The lowest BCUT2D eigenvalue weighted by molar-refractivity contribution is 0.101. The van der Waals surface area contributed by atoms with Crippen LogP contribution in [0, 0.1) is 0 Å². The van der Waals surface area contributed by atoms with Gasteiger partial charge in [-0.3, -0.25) is 9.59 Å². The fraction of sp³-hybridized carbons (Fsp3) is 0.200. The molecular weight excluding hydrogens is 204 g/mol. The average molecular weight is 213 g/mol. The van der Waals surface area contributed by atoms with Gasteiger partial charge in [0.25, 0.3) is 0 Å². The van der Waals surface area contributed by atoms with E-state index < -0.39 is 0 Å². The predicted octanol–water partition coefficient (Wildman–Crippen LogP) is 2.36. The van der Waals surface area contributed by atoms with Crippen LogP contribution in [0.4, 0.5) is 0 Å². The molecule has 0 amide bonds. The van der Waals surface area contributed by atoms with Crippen LogP contribution in [0.3, 0.4) is 0 Å². The van der Waals surface area contributed by atoms with Gasteiger partial charge in [-0.2, -0.15) is 0 Å². The third-order valence-electron chi connectivity index (χ3n) is 1.83. The molecule has 0 saturated carbocycles. The lowest BCUT2D eigenvalue weighted by Crippen LogP contribution is -2.00. The number of carbonyl (C=O) groups is 2. The van der Waals surface area contributed by atoms with Crippen molar-refractivity contribution < 1.29 is 14.3 Å². The Hall–Kier alpha value is -1.35. The monoisotopic (exact) mass is 212 g/mol. The first-order chi connectivity index (χ1) is 6.61. The highest BCUT2D eigenvalue weighted by molar-refractivity contribution is 6.36. The SMILES string of the molecule is COc1ccc(C=O)c(Cl)c1C(C)=O. The molecule has 0 spiro atoms. The van der Waals surface area contributed by atoms with Gasteiger partial charge in [-0.25, -0.2) is 0 Å². The standard InChI is InChI=1S/C10H9ClO3/c1-6(13)9-8(14-2)4-3-7(5-12)10(9)11/h3-5H,1-2H3. The van der Waals surface area contributed by atoms with Crippen molar-refractivity contribution in [2.24, 2.45) is 0 Å². The first-order valence-electron chi connectivity index (χ1n) is 3.94. The summed E-state index contributed by atoms with van der Waals surface area (Å²) in [6.45, 7) is 1.37. The van der Waals surface area contributed by atoms with Gasteiger partial charge in [0.1, 0.15) is 5.75 Å². The maximum atomic E-state index is 11.2. The number of ether oxygens (including phenoxy) is 1.